The van der Waals surface area contributed by atoms with Crippen molar-refractivity contribution in [2.75, 3.05) is 40.6 Å². The van der Waals surface area contributed by atoms with Crippen LogP contribution in [0.4, 0.5) is 0 Å². The first-order valence-corrected chi connectivity index (χ1v) is 12.2. The molecular formula is C25H36N2O4S. The van der Waals surface area contributed by atoms with Gasteiger partial charge >= 0.3 is 5.97 Å². The standard InChI is InChI=1S/C25H36N2O4S/c1-27(2)17-22(31-25(28)16-15-24(26)32-4)18-30-23-8-6-5-7-20(23)12-9-19-10-13-21(29-3)14-11-19/h5-8,10-11,13-14,22,24H,9,12,15-18,26H2,1-4H3. The number of aryl methyl sites for hydroxylation is 2. The van der Waals surface area contributed by atoms with Crippen molar-refractivity contribution in [3.8, 4) is 11.5 Å². The molecule has 0 spiro atoms. The molecule has 2 rings (SSSR count). The van der Waals surface area contributed by atoms with E-state index < -0.39 is 0 Å². The maximum Gasteiger partial charge on any atom is 0.306 e. The van der Waals surface area contributed by atoms with Gasteiger partial charge in [0.05, 0.1) is 12.5 Å². The summed E-state index contributed by atoms with van der Waals surface area (Å²) in [5.41, 5.74) is 8.25. The fourth-order valence-electron chi connectivity index (χ4n) is 3.26. The van der Waals surface area contributed by atoms with E-state index in [1.807, 2.05) is 55.6 Å². The third kappa shape index (κ3) is 9.51. The Morgan fingerprint density at radius 2 is 1.81 bits per heavy atom. The zero-order chi connectivity index (χ0) is 23.3. The average Bonchev–Trinajstić information content (AvgIpc) is 2.80. The quantitative estimate of drug-likeness (QED) is 0.340. The normalized spacial score (nSPS) is 12.9. The van der Waals surface area contributed by atoms with E-state index in [2.05, 4.69) is 18.2 Å². The Hall–Kier alpha value is -2.22. The molecule has 0 amide bonds. The lowest BCUT2D eigenvalue weighted by Crippen LogP contribution is -2.35. The van der Waals surface area contributed by atoms with Gasteiger partial charge in [-0.2, -0.15) is 0 Å². The molecule has 0 saturated heterocycles. The van der Waals surface area contributed by atoms with Crippen LogP contribution in [-0.2, 0) is 22.4 Å². The first-order valence-electron chi connectivity index (χ1n) is 10.9. The molecule has 2 N–H and O–H groups in total. The van der Waals surface area contributed by atoms with E-state index >= 15 is 0 Å². The highest BCUT2D eigenvalue weighted by Gasteiger charge is 2.18. The van der Waals surface area contributed by atoms with Crippen molar-refractivity contribution < 1.29 is 19.0 Å². The highest BCUT2D eigenvalue weighted by Crippen LogP contribution is 2.21. The number of nitrogens with zero attached hydrogens (tertiary/aromatic N) is 1. The molecule has 0 heterocycles. The largest absolute Gasteiger partial charge is 0.497 e. The van der Waals surface area contributed by atoms with Gasteiger partial charge in [0.25, 0.3) is 0 Å². The lowest BCUT2D eigenvalue weighted by molar-refractivity contribution is -0.151. The number of esters is 1. The highest BCUT2D eigenvalue weighted by molar-refractivity contribution is 7.99. The fourth-order valence-corrected chi connectivity index (χ4v) is 3.61. The van der Waals surface area contributed by atoms with Gasteiger partial charge in [0.1, 0.15) is 24.2 Å². The van der Waals surface area contributed by atoms with Gasteiger partial charge in [-0.15, -0.1) is 11.8 Å². The number of benzene rings is 2. The molecule has 0 aliphatic heterocycles. The minimum absolute atomic E-state index is 0.0522. The second-order valence-electron chi connectivity index (χ2n) is 7.95. The summed E-state index contributed by atoms with van der Waals surface area (Å²) in [4.78, 5) is 14.3. The van der Waals surface area contributed by atoms with Gasteiger partial charge < -0.3 is 24.8 Å². The smallest absolute Gasteiger partial charge is 0.306 e. The number of hydrogen-bond donors (Lipinski definition) is 1. The highest BCUT2D eigenvalue weighted by atomic mass is 32.2. The van der Waals surface area contributed by atoms with Crippen molar-refractivity contribution in [3.63, 3.8) is 0 Å². The molecule has 32 heavy (non-hydrogen) atoms. The number of para-hydroxylation sites is 1. The summed E-state index contributed by atoms with van der Waals surface area (Å²) < 4.78 is 17.0. The van der Waals surface area contributed by atoms with E-state index in [1.165, 1.54) is 5.56 Å². The molecule has 2 aromatic rings. The number of hydrogen-bond acceptors (Lipinski definition) is 7. The number of ether oxygens (including phenoxy) is 3. The van der Waals surface area contributed by atoms with Crippen LogP contribution in [0.15, 0.2) is 48.5 Å². The molecule has 176 valence electrons. The van der Waals surface area contributed by atoms with E-state index in [1.54, 1.807) is 18.9 Å². The molecule has 0 aliphatic carbocycles. The maximum atomic E-state index is 12.3. The fraction of sp³-hybridized carbons (Fsp3) is 0.480. The van der Waals surface area contributed by atoms with Crippen molar-refractivity contribution in [2.45, 2.75) is 37.2 Å². The molecule has 0 aromatic heterocycles. The summed E-state index contributed by atoms with van der Waals surface area (Å²) in [6.07, 6.45) is 4.25. The Kier molecular flexibility index (Phi) is 11.4. The zero-order valence-corrected chi connectivity index (χ0v) is 20.4. The summed E-state index contributed by atoms with van der Waals surface area (Å²) >= 11 is 1.54. The number of rotatable bonds is 14. The van der Waals surface area contributed by atoms with E-state index in [0.717, 1.165) is 29.9 Å². The van der Waals surface area contributed by atoms with Gasteiger partial charge in [0.15, 0.2) is 0 Å². The first kappa shape index (κ1) is 26.0. The van der Waals surface area contributed by atoms with Gasteiger partial charge in [-0.25, -0.2) is 0 Å². The lowest BCUT2D eigenvalue weighted by Gasteiger charge is -2.23. The maximum absolute atomic E-state index is 12.3. The van der Waals surface area contributed by atoms with Crippen molar-refractivity contribution >= 4 is 17.7 Å². The number of nitrogens with two attached hydrogens (primary N) is 1. The molecule has 0 aliphatic rings. The molecule has 0 saturated carbocycles. The van der Waals surface area contributed by atoms with Crippen LogP contribution in [0.3, 0.4) is 0 Å². The molecule has 7 heteroatoms. The SMILES string of the molecule is COc1ccc(CCc2ccccc2OCC(CN(C)C)OC(=O)CCC(N)SC)cc1. The van der Waals surface area contributed by atoms with Crippen molar-refractivity contribution in [2.24, 2.45) is 5.73 Å². The molecule has 0 fully saturated rings. The lowest BCUT2D eigenvalue weighted by atomic mass is 10.0. The van der Waals surface area contributed by atoms with Crippen LogP contribution < -0.4 is 15.2 Å². The molecule has 0 bridgehead atoms. The zero-order valence-electron chi connectivity index (χ0n) is 19.6. The van der Waals surface area contributed by atoms with Crippen LogP contribution in [0.1, 0.15) is 24.0 Å². The van der Waals surface area contributed by atoms with E-state index in [-0.39, 0.29) is 17.4 Å². The van der Waals surface area contributed by atoms with Crippen LogP contribution in [0.25, 0.3) is 0 Å². The van der Waals surface area contributed by atoms with Crippen LogP contribution in [0.5, 0.6) is 11.5 Å². The Morgan fingerprint density at radius 3 is 2.47 bits per heavy atom. The predicted molar refractivity (Wildman–Crippen MR) is 131 cm³/mol. The van der Waals surface area contributed by atoms with Gasteiger partial charge in [-0.3, -0.25) is 4.79 Å². The molecule has 2 unspecified atom stereocenters. The monoisotopic (exact) mass is 460 g/mol. The number of carbonyl (C=O) groups excluding carboxylic acids is 1. The average molecular weight is 461 g/mol. The Morgan fingerprint density at radius 1 is 1.09 bits per heavy atom. The predicted octanol–water partition coefficient (Wildman–Crippen LogP) is 3.76. The third-order valence-corrected chi connectivity index (χ3v) is 5.88. The number of likely N-dealkylation sites (N-methyl/N-ethyl adjacent to an activating group) is 1. The molecule has 2 aromatic carbocycles. The van der Waals surface area contributed by atoms with Crippen LogP contribution in [-0.4, -0.2) is 63.0 Å². The van der Waals surface area contributed by atoms with E-state index in [0.29, 0.717) is 26.0 Å². The second-order valence-corrected chi connectivity index (χ2v) is 9.03. The molecule has 0 radical (unpaired) electrons. The number of methoxy groups -OCH3 is 1. The summed E-state index contributed by atoms with van der Waals surface area (Å²) in [6, 6.07) is 16.1. The summed E-state index contributed by atoms with van der Waals surface area (Å²) in [5, 5.41) is -0.0522. The van der Waals surface area contributed by atoms with Crippen LogP contribution in [0.2, 0.25) is 0 Å². The van der Waals surface area contributed by atoms with E-state index in [4.69, 9.17) is 19.9 Å². The van der Waals surface area contributed by atoms with Crippen molar-refractivity contribution in [3.05, 3.63) is 59.7 Å². The summed E-state index contributed by atoms with van der Waals surface area (Å²) in [5.74, 6) is 1.44. The van der Waals surface area contributed by atoms with Gasteiger partial charge in [-0.1, -0.05) is 30.3 Å². The Balaban J connectivity index is 1.94. The van der Waals surface area contributed by atoms with Gasteiger partial charge in [0.2, 0.25) is 0 Å². The van der Waals surface area contributed by atoms with Crippen molar-refractivity contribution in [1.29, 1.82) is 0 Å². The Bertz CT molecular complexity index is 814. The van der Waals surface area contributed by atoms with Gasteiger partial charge in [-0.05, 0) is 68.9 Å². The van der Waals surface area contributed by atoms with Crippen LogP contribution >= 0.6 is 11.8 Å². The Labute approximate surface area is 196 Å². The topological polar surface area (TPSA) is 74.0 Å². The molecular weight excluding hydrogens is 424 g/mol. The van der Waals surface area contributed by atoms with Crippen LogP contribution in [0, 0.1) is 0 Å². The second kappa shape index (κ2) is 14.0. The third-order valence-electron chi connectivity index (χ3n) is 5.04. The summed E-state index contributed by atoms with van der Waals surface area (Å²) in [7, 11) is 5.57. The minimum atomic E-state index is -0.349. The van der Waals surface area contributed by atoms with Gasteiger partial charge in [0, 0.05) is 13.0 Å². The minimum Gasteiger partial charge on any atom is -0.497 e. The van der Waals surface area contributed by atoms with Crippen molar-refractivity contribution in [1.82, 2.24) is 4.90 Å². The molecule has 6 nitrogen and oxygen atoms in total. The molecule has 2 atom stereocenters. The van der Waals surface area contributed by atoms with E-state index in [9.17, 15) is 4.79 Å². The first-order chi connectivity index (χ1) is 15.4. The number of thioether (sulfide) groups is 1. The summed E-state index contributed by atoms with van der Waals surface area (Å²) in [6.45, 7) is 0.895. The number of carbonyl (C=O) groups is 1.